The molecular formula is C18H26N4O. The molecule has 0 bridgehead atoms. The van der Waals surface area contributed by atoms with Gasteiger partial charge >= 0.3 is 0 Å². The van der Waals surface area contributed by atoms with Gasteiger partial charge in [-0.15, -0.1) is 0 Å². The zero-order valence-electron chi connectivity index (χ0n) is 13.9. The van der Waals surface area contributed by atoms with Gasteiger partial charge in [-0.3, -0.25) is 0 Å². The quantitative estimate of drug-likeness (QED) is 0.278. The number of aliphatic imine (C=N–C) groups is 1. The number of nitrogen functional groups attached to an aromatic ring is 1. The number of rotatable bonds is 9. The smallest absolute Gasteiger partial charge is 0.141 e. The van der Waals surface area contributed by atoms with Crippen molar-refractivity contribution in [2.45, 2.75) is 33.1 Å². The van der Waals surface area contributed by atoms with E-state index in [9.17, 15) is 0 Å². The van der Waals surface area contributed by atoms with Gasteiger partial charge in [-0.05, 0) is 37.6 Å². The molecule has 124 valence electrons. The number of unbranched alkanes of at least 4 members (excludes halogenated alkanes) is 2. The first-order valence-electron chi connectivity index (χ1n) is 7.73. The SMILES string of the molecule is C=C(N)C(/C=C(/OCCCCC)C(C)=N)=Nc1ccc(N)cc1. The molecule has 0 amide bonds. The van der Waals surface area contributed by atoms with Gasteiger partial charge in [-0.1, -0.05) is 26.3 Å². The van der Waals surface area contributed by atoms with Crippen LogP contribution in [0, 0.1) is 5.41 Å². The summed E-state index contributed by atoms with van der Waals surface area (Å²) < 4.78 is 5.68. The number of allylic oxidation sites excluding steroid dienone is 2. The van der Waals surface area contributed by atoms with Crippen LogP contribution in [0.2, 0.25) is 0 Å². The van der Waals surface area contributed by atoms with Crippen LogP contribution in [0.25, 0.3) is 0 Å². The molecule has 1 aromatic rings. The van der Waals surface area contributed by atoms with Gasteiger partial charge < -0.3 is 21.6 Å². The van der Waals surface area contributed by atoms with E-state index in [0.717, 1.165) is 19.3 Å². The van der Waals surface area contributed by atoms with Crippen LogP contribution in [0.15, 0.2) is 53.4 Å². The van der Waals surface area contributed by atoms with Gasteiger partial charge in [-0.2, -0.15) is 0 Å². The predicted octanol–water partition coefficient (Wildman–Crippen LogP) is 3.94. The molecule has 0 heterocycles. The van der Waals surface area contributed by atoms with Crippen molar-refractivity contribution in [1.82, 2.24) is 0 Å². The Morgan fingerprint density at radius 1 is 1.30 bits per heavy atom. The molecular weight excluding hydrogens is 288 g/mol. The van der Waals surface area contributed by atoms with E-state index in [0.29, 0.717) is 40.9 Å². The maximum atomic E-state index is 7.84. The molecule has 0 spiro atoms. The molecule has 0 atom stereocenters. The van der Waals surface area contributed by atoms with E-state index in [1.54, 1.807) is 37.3 Å². The van der Waals surface area contributed by atoms with Crippen LogP contribution < -0.4 is 11.5 Å². The fourth-order valence-electron chi connectivity index (χ4n) is 1.80. The van der Waals surface area contributed by atoms with E-state index in [1.165, 1.54) is 0 Å². The zero-order valence-corrected chi connectivity index (χ0v) is 13.9. The summed E-state index contributed by atoms with van der Waals surface area (Å²) in [5.74, 6) is 0.460. The minimum Gasteiger partial charge on any atom is -0.492 e. The Bertz CT molecular complexity index is 600. The number of hydrogen-bond acceptors (Lipinski definition) is 5. The Morgan fingerprint density at radius 2 is 1.96 bits per heavy atom. The molecule has 0 aromatic heterocycles. The summed E-state index contributed by atoms with van der Waals surface area (Å²) in [5, 5.41) is 7.84. The molecule has 5 heteroatoms. The highest BCUT2D eigenvalue weighted by Gasteiger charge is 2.06. The third kappa shape index (κ3) is 6.82. The van der Waals surface area contributed by atoms with Crippen LogP contribution in [0.3, 0.4) is 0 Å². The highest BCUT2D eigenvalue weighted by Crippen LogP contribution is 2.16. The summed E-state index contributed by atoms with van der Waals surface area (Å²) in [5.41, 5.74) is 14.0. The van der Waals surface area contributed by atoms with Gasteiger partial charge in [0.15, 0.2) is 0 Å². The van der Waals surface area contributed by atoms with Crippen molar-refractivity contribution >= 4 is 22.8 Å². The fourth-order valence-corrected chi connectivity index (χ4v) is 1.80. The first-order chi connectivity index (χ1) is 10.9. The first-order valence-corrected chi connectivity index (χ1v) is 7.73. The molecule has 0 unspecified atom stereocenters. The van der Waals surface area contributed by atoms with E-state index in [2.05, 4.69) is 18.5 Å². The molecule has 0 saturated heterocycles. The van der Waals surface area contributed by atoms with Crippen molar-refractivity contribution in [3.05, 3.63) is 48.4 Å². The molecule has 0 fully saturated rings. The number of nitrogens with zero attached hydrogens (tertiary/aromatic N) is 1. The van der Waals surface area contributed by atoms with Gasteiger partial charge in [0, 0.05) is 11.8 Å². The van der Waals surface area contributed by atoms with Gasteiger partial charge in [0.2, 0.25) is 0 Å². The predicted molar refractivity (Wildman–Crippen MR) is 98.2 cm³/mol. The largest absolute Gasteiger partial charge is 0.492 e. The Hall–Kier alpha value is -2.56. The van der Waals surface area contributed by atoms with E-state index in [4.69, 9.17) is 21.6 Å². The number of ether oxygens (including phenoxy) is 1. The third-order valence-corrected chi connectivity index (χ3v) is 3.11. The van der Waals surface area contributed by atoms with Crippen molar-refractivity contribution < 1.29 is 4.74 Å². The van der Waals surface area contributed by atoms with Crippen molar-refractivity contribution in [3.63, 3.8) is 0 Å². The maximum Gasteiger partial charge on any atom is 0.141 e. The van der Waals surface area contributed by atoms with Crippen LogP contribution in [0.5, 0.6) is 0 Å². The lowest BCUT2D eigenvalue weighted by Crippen LogP contribution is -2.11. The Labute approximate surface area is 138 Å². The summed E-state index contributed by atoms with van der Waals surface area (Å²) in [7, 11) is 0. The topological polar surface area (TPSA) is 97.5 Å². The fraction of sp³-hybridized carbons (Fsp3) is 0.333. The van der Waals surface area contributed by atoms with Crippen LogP contribution in [-0.2, 0) is 4.74 Å². The zero-order chi connectivity index (χ0) is 17.2. The van der Waals surface area contributed by atoms with E-state index >= 15 is 0 Å². The Morgan fingerprint density at radius 3 is 2.48 bits per heavy atom. The maximum absolute atomic E-state index is 7.84. The minimum absolute atomic E-state index is 0.317. The van der Waals surface area contributed by atoms with Crippen molar-refractivity contribution in [3.8, 4) is 0 Å². The lowest BCUT2D eigenvalue weighted by atomic mass is 10.2. The van der Waals surface area contributed by atoms with Crippen LogP contribution in [0.1, 0.15) is 33.1 Å². The number of nitrogens with two attached hydrogens (primary N) is 2. The number of benzene rings is 1. The molecule has 0 saturated carbocycles. The third-order valence-electron chi connectivity index (χ3n) is 3.11. The second-order valence-electron chi connectivity index (χ2n) is 5.30. The minimum atomic E-state index is 0.317. The highest BCUT2D eigenvalue weighted by molar-refractivity contribution is 6.12. The Kier molecular flexibility index (Phi) is 7.60. The van der Waals surface area contributed by atoms with Crippen LogP contribution >= 0.6 is 0 Å². The van der Waals surface area contributed by atoms with E-state index in [1.807, 2.05) is 0 Å². The lowest BCUT2D eigenvalue weighted by Gasteiger charge is -2.10. The highest BCUT2D eigenvalue weighted by atomic mass is 16.5. The lowest BCUT2D eigenvalue weighted by molar-refractivity contribution is 0.224. The van der Waals surface area contributed by atoms with Crippen molar-refractivity contribution in [2.75, 3.05) is 12.3 Å². The Balaban J connectivity index is 2.98. The van der Waals surface area contributed by atoms with E-state index < -0.39 is 0 Å². The van der Waals surface area contributed by atoms with Gasteiger partial charge in [-0.25, -0.2) is 4.99 Å². The van der Waals surface area contributed by atoms with Crippen molar-refractivity contribution in [2.24, 2.45) is 10.7 Å². The molecule has 5 N–H and O–H groups in total. The summed E-state index contributed by atoms with van der Waals surface area (Å²) in [4.78, 5) is 4.45. The molecule has 0 aliphatic rings. The van der Waals surface area contributed by atoms with Gasteiger partial charge in [0.25, 0.3) is 0 Å². The molecule has 0 radical (unpaired) electrons. The van der Waals surface area contributed by atoms with Gasteiger partial charge in [0.1, 0.15) is 5.76 Å². The second-order valence-corrected chi connectivity index (χ2v) is 5.30. The molecule has 0 aliphatic carbocycles. The average molecular weight is 314 g/mol. The van der Waals surface area contributed by atoms with Gasteiger partial charge in [0.05, 0.1) is 29.4 Å². The monoisotopic (exact) mass is 314 g/mol. The summed E-state index contributed by atoms with van der Waals surface area (Å²) in [6, 6.07) is 7.13. The van der Waals surface area contributed by atoms with E-state index in [-0.39, 0.29) is 0 Å². The number of nitrogens with one attached hydrogen (secondary N) is 1. The first kappa shape index (κ1) is 18.5. The summed E-state index contributed by atoms with van der Waals surface area (Å²) in [6.45, 7) is 8.12. The molecule has 0 aliphatic heterocycles. The van der Waals surface area contributed by atoms with Crippen molar-refractivity contribution in [1.29, 1.82) is 5.41 Å². The number of hydrogen-bond donors (Lipinski definition) is 3. The normalized spacial score (nSPS) is 12.1. The summed E-state index contributed by atoms with van der Waals surface area (Å²) >= 11 is 0. The molecule has 1 rings (SSSR count). The molecule has 23 heavy (non-hydrogen) atoms. The molecule has 1 aromatic carbocycles. The van der Waals surface area contributed by atoms with Crippen LogP contribution in [0.4, 0.5) is 11.4 Å². The standard InChI is InChI=1S/C18H26N4O/c1-4-5-6-11-23-18(14(3)20)12-17(13(2)19)22-16-9-7-15(21)8-10-16/h7-10,12,20H,2,4-6,11,19,21H2,1,3H3/b18-12+,20-14?,22-17?. The summed E-state index contributed by atoms with van der Waals surface area (Å²) in [6.07, 6.45) is 4.83. The molecule has 5 nitrogen and oxygen atoms in total. The average Bonchev–Trinajstić information content (AvgIpc) is 2.50. The second kappa shape index (κ2) is 9.46. The van der Waals surface area contributed by atoms with Crippen LogP contribution in [-0.4, -0.2) is 18.0 Å². The number of anilines is 1.